The lowest BCUT2D eigenvalue weighted by atomic mass is 9.85. The largest absolute Gasteiger partial charge is 0.352 e. The van der Waals surface area contributed by atoms with E-state index < -0.39 is 0 Å². The molecule has 0 saturated carbocycles. The lowest BCUT2D eigenvalue weighted by Crippen LogP contribution is -2.41. The molecule has 0 spiro atoms. The zero-order valence-corrected chi connectivity index (χ0v) is 13.8. The fourth-order valence-corrected chi connectivity index (χ4v) is 3.22. The van der Waals surface area contributed by atoms with Crippen molar-refractivity contribution in [3.63, 3.8) is 0 Å². The van der Waals surface area contributed by atoms with Crippen LogP contribution in [-0.4, -0.2) is 30.3 Å². The van der Waals surface area contributed by atoms with Crippen molar-refractivity contribution < 1.29 is 9.59 Å². The van der Waals surface area contributed by atoms with E-state index in [1.807, 2.05) is 36.1 Å². The van der Waals surface area contributed by atoms with E-state index in [4.69, 9.17) is 0 Å². The van der Waals surface area contributed by atoms with Crippen LogP contribution in [0.25, 0.3) is 0 Å². The fraction of sp³-hybridized carbons (Fsp3) is 0.500. The average Bonchev–Trinajstić information content (AvgIpc) is 2.53. The number of nitrogens with one attached hydrogen (secondary N) is 1. The Labute approximate surface area is 134 Å². The molecule has 1 N–H and O–H groups in total. The number of piperidine rings is 1. The van der Waals surface area contributed by atoms with Crippen molar-refractivity contribution in [1.82, 2.24) is 10.2 Å². The maximum Gasteiger partial charge on any atom is 0.222 e. The number of carbonyl (C=O) groups is 2. The Morgan fingerprint density at radius 2 is 2.00 bits per heavy atom. The van der Waals surface area contributed by atoms with Crippen molar-refractivity contribution in [3.8, 4) is 0 Å². The molecule has 0 bridgehead atoms. The molecule has 1 aromatic carbocycles. The topological polar surface area (TPSA) is 49.4 Å². The number of carbonyl (C=O) groups excluding carboxylic acids is 2. The van der Waals surface area contributed by atoms with E-state index in [9.17, 15) is 9.59 Å². The zero-order valence-electron chi connectivity index (χ0n) is 12.2. The van der Waals surface area contributed by atoms with Gasteiger partial charge in [0.2, 0.25) is 12.3 Å². The summed E-state index contributed by atoms with van der Waals surface area (Å²) in [5.74, 6) is 0.592. The molecule has 1 saturated heterocycles. The summed E-state index contributed by atoms with van der Waals surface area (Å²) < 4.78 is 1.03. The Hall–Kier alpha value is -1.36. The van der Waals surface area contributed by atoms with Gasteiger partial charge in [-0.3, -0.25) is 9.59 Å². The summed E-state index contributed by atoms with van der Waals surface area (Å²) in [5.41, 5.74) is 1.12. The summed E-state index contributed by atoms with van der Waals surface area (Å²) >= 11 is 3.43. The molecule has 21 heavy (non-hydrogen) atoms. The summed E-state index contributed by atoms with van der Waals surface area (Å²) in [6.45, 7) is 3.46. The van der Waals surface area contributed by atoms with Crippen LogP contribution < -0.4 is 5.32 Å². The van der Waals surface area contributed by atoms with Gasteiger partial charge < -0.3 is 10.2 Å². The standard InChI is InChI=1S/C16H21BrN2O2/c1-2-15(21)19-9-7-13(8-10-19)16(18-11-20)12-3-5-14(17)6-4-12/h3-6,11,13,16H,2,7-10H2,1H3,(H,18,20). The Bertz CT molecular complexity index is 482. The SMILES string of the molecule is CCC(=O)N1CCC(C(NC=O)c2ccc(Br)cc2)CC1. The molecular formula is C16H21BrN2O2. The minimum atomic E-state index is 0.0227. The van der Waals surface area contributed by atoms with E-state index in [1.54, 1.807) is 0 Å². The lowest BCUT2D eigenvalue weighted by Gasteiger charge is -2.36. The average molecular weight is 353 g/mol. The van der Waals surface area contributed by atoms with Crippen LogP contribution in [-0.2, 0) is 9.59 Å². The van der Waals surface area contributed by atoms with Gasteiger partial charge in [0, 0.05) is 24.0 Å². The number of hydrogen-bond donors (Lipinski definition) is 1. The molecule has 0 aliphatic carbocycles. The van der Waals surface area contributed by atoms with Crippen LogP contribution in [0.4, 0.5) is 0 Å². The van der Waals surface area contributed by atoms with Crippen LogP contribution in [0.5, 0.6) is 0 Å². The fourth-order valence-electron chi connectivity index (χ4n) is 2.95. The van der Waals surface area contributed by atoms with Gasteiger partial charge in [-0.1, -0.05) is 35.0 Å². The van der Waals surface area contributed by atoms with Crippen LogP contribution in [0.1, 0.15) is 37.8 Å². The van der Waals surface area contributed by atoms with Crippen LogP contribution in [0.3, 0.4) is 0 Å². The van der Waals surface area contributed by atoms with Gasteiger partial charge in [0.25, 0.3) is 0 Å². The minimum absolute atomic E-state index is 0.0227. The van der Waals surface area contributed by atoms with Crippen molar-refractivity contribution in [2.75, 3.05) is 13.1 Å². The molecule has 1 unspecified atom stereocenters. The van der Waals surface area contributed by atoms with Crippen LogP contribution in [0, 0.1) is 5.92 Å². The summed E-state index contributed by atoms with van der Waals surface area (Å²) in [6, 6.07) is 8.08. The highest BCUT2D eigenvalue weighted by atomic mass is 79.9. The molecule has 0 aromatic heterocycles. The van der Waals surface area contributed by atoms with E-state index in [-0.39, 0.29) is 11.9 Å². The molecule has 1 heterocycles. The Morgan fingerprint density at radius 3 is 2.52 bits per heavy atom. The number of benzene rings is 1. The molecule has 5 heteroatoms. The summed E-state index contributed by atoms with van der Waals surface area (Å²) in [6.07, 6.45) is 3.18. The molecule has 4 nitrogen and oxygen atoms in total. The summed E-state index contributed by atoms with van der Waals surface area (Å²) in [7, 11) is 0. The van der Waals surface area contributed by atoms with Crippen molar-refractivity contribution in [3.05, 3.63) is 34.3 Å². The Morgan fingerprint density at radius 1 is 1.38 bits per heavy atom. The van der Waals surface area contributed by atoms with Gasteiger partial charge in [-0.15, -0.1) is 0 Å². The molecule has 1 fully saturated rings. The zero-order chi connectivity index (χ0) is 15.2. The molecule has 114 valence electrons. The van der Waals surface area contributed by atoms with Gasteiger partial charge >= 0.3 is 0 Å². The van der Waals surface area contributed by atoms with Crippen LogP contribution in [0.15, 0.2) is 28.7 Å². The molecule has 2 amide bonds. The number of amides is 2. The van der Waals surface area contributed by atoms with Crippen LogP contribution in [0.2, 0.25) is 0 Å². The van der Waals surface area contributed by atoms with Gasteiger partial charge in [0.15, 0.2) is 0 Å². The van der Waals surface area contributed by atoms with Crippen molar-refractivity contribution in [1.29, 1.82) is 0 Å². The summed E-state index contributed by atoms with van der Waals surface area (Å²) in [5, 5.41) is 2.95. The minimum Gasteiger partial charge on any atom is -0.352 e. The highest BCUT2D eigenvalue weighted by molar-refractivity contribution is 9.10. The first-order valence-corrected chi connectivity index (χ1v) is 8.18. The van der Waals surface area contributed by atoms with Gasteiger partial charge in [-0.05, 0) is 36.5 Å². The number of rotatable bonds is 5. The second kappa shape index (κ2) is 7.59. The maximum atomic E-state index is 11.7. The van der Waals surface area contributed by atoms with Crippen molar-refractivity contribution in [2.45, 2.75) is 32.2 Å². The summed E-state index contributed by atoms with van der Waals surface area (Å²) in [4.78, 5) is 24.6. The van der Waals surface area contributed by atoms with Gasteiger partial charge in [-0.2, -0.15) is 0 Å². The van der Waals surface area contributed by atoms with Gasteiger partial charge in [-0.25, -0.2) is 0 Å². The van der Waals surface area contributed by atoms with E-state index in [1.165, 1.54) is 0 Å². The second-order valence-electron chi connectivity index (χ2n) is 5.39. The predicted octanol–water partition coefficient (Wildman–Crippen LogP) is 2.88. The third-order valence-electron chi connectivity index (χ3n) is 4.14. The molecular weight excluding hydrogens is 332 g/mol. The predicted molar refractivity (Wildman–Crippen MR) is 85.7 cm³/mol. The van der Waals surface area contributed by atoms with Crippen LogP contribution >= 0.6 is 15.9 Å². The molecule has 0 radical (unpaired) electrons. The van der Waals surface area contributed by atoms with E-state index in [0.717, 1.165) is 42.4 Å². The number of nitrogens with zero attached hydrogens (tertiary/aromatic N) is 1. The third-order valence-corrected chi connectivity index (χ3v) is 4.67. The molecule has 1 atom stereocenters. The quantitative estimate of drug-likeness (QED) is 0.828. The number of hydrogen-bond acceptors (Lipinski definition) is 2. The van der Waals surface area contributed by atoms with E-state index >= 15 is 0 Å². The number of halogens is 1. The Balaban J connectivity index is 2.05. The first-order chi connectivity index (χ1) is 10.2. The molecule has 1 aliphatic rings. The van der Waals surface area contributed by atoms with Gasteiger partial charge in [0.1, 0.15) is 0 Å². The van der Waals surface area contributed by atoms with E-state index in [2.05, 4.69) is 21.2 Å². The monoisotopic (exact) mass is 352 g/mol. The molecule has 2 rings (SSSR count). The molecule has 1 aliphatic heterocycles. The third kappa shape index (κ3) is 4.06. The highest BCUT2D eigenvalue weighted by Crippen LogP contribution is 2.31. The number of likely N-dealkylation sites (tertiary alicyclic amines) is 1. The normalized spacial score (nSPS) is 17.3. The second-order valence-corrected chi connectivity index (χ2v) is 6.30. The van der Waals surface area contributed by atoms with Gasteiger partial charge in [0.05, 0.1) is 6.04 Å². The Kier molecular flexibility index (Phi) is 5.79. The first-order valence-electron chi connectivity index (χ1n) is 7.38. The maximum absolute atomic E-state index is 11.7. The van der Waals surface area contributed by atoms with Crippen molar-refractivity contribution >= 4 is 28.2 Å². The lowest BCUT2D eigenvalue weighted by molar-refractivity contribution is -0.132. The highest BCUT2D eigenvalue weighted by Gasteiger charge is 2.28. The van der Waals surface area contributed by atoms with Crippen molar-refractivity contribution in [2.24, 2.45) is 5.92 Å². The van der Waals surface area contributed by atoms with E-state index in [0.29, 0.717) is 12.3 Å². The first kappa shape index (κ1) is 16.0. The molecule has 1 aromatic rings. The smallest absolute Gasteiger partial charge is 0.222 e.